The van der Waals surface area contributed by atoms with E-state index in [0.29, 0.717) is 33.4 Å². The van der Waals surface area contributed by atoms with E-state index in [1.54, 1.807) is 25.3 Å². The van der Waals surface area contributed by atoms with Crippen LogP contribution in [0.25, 0.3) is 11.4 Å². The number of H-pyrrole nitrogens is 1. The Balaban J connectivity index is 1.36. The Bertz CT molecular complexity index is 843. The van der Waals surface area contributed by atoms with E-state index in [9.17, 15) is 4.79 Å². The van der Waals surface area contributed by atoms with Crippen LogP contribution in [0.2, 0.25) is 5.02 Å². The third-order valence-electron chi connectivity index (χ3n) is 5.85. The standard InChI is InChI=1S/C20H25ClN4O2S/c1-27-17-7-6-15(21)10-16(17)19-22-20(24-23-19)28-12-18(26)25-9-8-13-4-2-3-5-14(13)11-25/h6-7,10,13-14H,2-5,8-9,11-12H2,1H3,(H,22,23,24)/t13-,14-/m0/s1. The fourth-order valence-corrected chi connectivity index (χ4v) is 5.21. The van der Waals surface area contributed by atoms with Gasteiger partial charge >= 0.3 is 0 Å². The van der Waals surface area contributed by atoms with Gasteiger partial charge in [-0.15, -0.1) is 5.10 Å². The van der Waals surface area contributed by atoms with Gasteiger partial charge in [-0.25, -0.2) is 4.98 Å². The van der Waals surface area contributed by atoms with Gasteiger partial charge in [-0.1, -0.05) is 42.6 Å². The summed E-state index contributed by atoms with van der Waals surface area (Å²) in [5.74, 6) is 3.32. The van der Waals surface area contributed by atoms with Gasteiger partial charge in [-0.3, -0.25) is 9.89 Å². The molecule has 1 aromatic heterocycles. The Morgan fingerprint density at radius 1 is 1.32 bits per heavy atom. The van der Waals surface area contributed by atoms with E-state index >= 15 is 0 Å². The van der Waals surface area contributed by atoms with Crippen molar-refractivity contribution in [3.8, 4) is 17.1 Å². The lowest BCUT2D eigenvalue weighted by Gasteiger charge is -2.41. The second kappa shape index (κ2) is 8.74. The maximum Gasteiger partial charge on any atom is 0.233 e. The molecular weight excluding hydrogens is 396 g/mol. The van der Waals surface area contributed by atoms with Crippen molar-refractivity contribution in [2.24, 2.45) is 11.8 Å². The van der Waals surface area contributed by atoms with Crippen LogP contribution < -0.4 is 4.74 Å². The van der Waals surface area contributed by atoms with Crippen molar-refractivity contribution >= 4 is 29.3 Å². The number of aromatic nitrogens is 3. The SMILES string of the molecule is COc1ccc(Cl)cc1-c1nc(SCC(=O)N2CC[C@@H]3CCCC[C@H]3C2)n[nH]1. The summed E-state index contributed by atoms with van der Waals surface area (Å²) >= 11 is 7.46. The van der Waals surface area contributed by atoms with Crippen molar-refractivity contribution in [3.05, 3.63) is 23.2 Å². The van der Waals surface area contributed by atoms with Crippen LogP contribution in [-0.2, 0) is 4.79 Å². The minimum atomic E-state index is 0.181. The normalized spacial score (nSPS) is 22.0. The topological polar surface area (TPSA) is 71.1 Å². The van der Waals surface area contributed by atoms with Crippen LogP contribution in [0.5, 0.6) is 5.75 Å². The zero-order valence-corrected chi connectivity index (χ0v) is 17.6. The van der Waals surface area contributed by atoms with Crippen LogP contribution in [0.1, 0.15) is 32.1 Å². The fourth-order valence-electron chi connectivity index (χ4n) is 4.34. The van der Waals surface area contributed by atoms with Gasteiger partial charge in [0, 0.05) is 18.1 Å². The van der Waals surface area contributed by atoms with Crippen LogP contribution in [0.15, 0.2) is 23.4 Å². The first-order chi connectivity index (χ1) is 13.6. The Morgan fingerprint density at radius 3 is 2.96 bits per heavy atom. The molecule has 1 aromatic carbocycles. The number of hydrogen-bond acceptors (Lipinski definition) is 5. The molecule has 0 unspecified atom stereocenters. The summed E-state index contributed by atoms with van der Waals surface area (Å²) in [6, 6.07) is 5.35. The first-order valence-corrected chi connectivity index (χ1v) is 11.2. The van der Waals surface area contributed by atoms with Gasteiger partial charge in [0.1, 0.15) is 5.75 Å². The number of piperidine rings is 1. The molecule has 1 saturated carbocycles. The molecule has 1 aliphatic carbocycles. The number of hydrogen-bond donors (Lipinski definition) is 1. The quantitative estimate of drug-likeness (QED) is 0.731. The summed E-state index contributed by atoms with van der Waals surface area (Å²) < 4.78 is 5.37. The van der Waals surface area contributed by atoms with Crippen molar-refractivity contribution in [1.29, 1.82) is 0 Å². The highest BCUT2D eigenvalue weighted by Gasteiger charge is 2.32. The zero-order chi connectivity index (χ0) is 19.5. The second-order valence-corrected chi connectivity index (χ2v) is 8.91. The number of rotatable bonds is 5. The molecule has 4 rings (SSSR count). The molecule has 1 N–H and O–H groups in total. The van der Waals surface area contributed by atoms with E-state index in [0.717, 1.165) is 31.0 Å². The molecule has 28 heavy (non-hydrogen) atoms. The maximum absolute atomic E-state index is 12.7. The van der Waals surface area contributed by atoms with Gasteiger partial charge in [-0.05, 0) is 42.9 Å². The van der Waals surface area contributed by atoms with Crippen LogP contribution >= 0.6 is 23.4 Å². The lowest BCUT2D eigenvalue weighted by atomic mass is 9.75. The maximum atomic E-state index is 12.7. The summed E-state index contributed by atoms with van der Waals surface area (Å²) in [5, 5.41) is 8.31. The summed E-state index contributed by atoms with van der Waals surface area (Å²) in [4.78, 5) is 19.2. The van der Waals surface area contributed by atoms with Crippen molar-refractivity contribution in [2.45, 2.75) is 37.3 Å². The van der Waals surface area contributed by atoms with E-state index in [-0.39, 0.29) is 5.91 Å². The van der Waals surface area contributed by atoms with E-state index in [1.165, 1.54) is 37.4 Å². The monoisotopic (exact) mass is 420 g/mol. The number of nitrogens with one attached hydrogen (secondary N) is 1. The number of carbonyl (C=O) groups excluding carboxylic acids is 1. The molecule has 1 aliphatic heterocycles. The van der Waals surface area contributed by atoms with Crippen molar-refractivity contribution in [2.75, 3.05) is 26.0 Å². The number of nitrogens with zero attached hydrogens (tertiary/aromatic N) is 3. The Labute approximate surface area is 174 Å². The van der Waals surface area contributed by atoms with Crippen molar-refractivity contribution in [3.63, 3.8) is 0 Å². The Hall–Kier alpha value is -1.73. The Morgan fingerprint density at radius 2 is 2.14 bits per heavy atom. The molecule has 2 aromatic rings. The molecule has 1 amide bonds. The van der Waals surface area contributed by atoms with Crippen LogP contribution in [-0.4, -0.2) is 51.9 Å². The van der Waals surface area contributed by atoms with Gasteiger partial charge in [0.15, 0.2) is 5.82 Å². The summed E-state index contributed by atoms with van der Waals surface area (Å²) in [6.07, 6.45) is 6.43. The molecule has 1 saturated heterocycles. The number of amides is 1. The van der Waals surface area contributed by atoms with E-state index in [2.05, 4.69) is 15.2 Å². The minimum Gasteiger partial charge on any atom is -0.496 e. The van der Waals surface area contributed by atoms with Crippen LogP contribution in [0, 0.1) is 11.8 Å². The molecule has 0 spiro atoms. The molecule has 2 aliphatic rings. The molecule has 2 heterocycles. The predicted molar refractivity (Wildman–Crippen MR) is 111 cm³/mol. The van der Waals surface area contributed by atoms with Crippen LogP contribution in [0.4, 0.5) is 0 Å². The lowest BCUT2D eigenvalue weighted by molar-refractivity contribution is -0.131. The summed E-state index contributed by atoms with van der Waals surface area (Å²) in [7, 11) is 1.60. The lowest BCUT2D eigenvalue weighted by Crippen LogP contribution is -2.45. The number of ether oxygens (including phenoxy) is 1. The molecule has 2 atom stereocenters. The molecule has 0 radical (unpaired) electrons. The van der Waals surface area contributed by atoms with Gasteiger partial charge < -0.3 is 9.64 Å². The number of aromatic amines is 1. The van der Waals surface area contributed by atoms with E-state index in [1.807, 2.05) is 4.90 Å². The summed E-state index contributed by atoms with van der Waals surface area (Å²) in [6.45, 7) is 1.81. The Kier molecular flexibility index (Phi) is 6.11. The van der Waals surface area contributed by atoms with E-state index < -0.39 is 0 Å². The zero-order valence-electron chi connectivity index (χ0n) is 16.0. The molecule has 2 fully saturated rings. The number of likely N-dealkylation sites (tertiary alicyclic amines) is 1. The third kappa shape index (κ3) is 4.30. The third-order valence-corrected chi connectivity index (χ3v) is 6.92. The summed E-state index contributed by atoms with van der Waals surface area (Å²) in [5.41, 5.74) is 0.750. The largest absolute Gasteiger partial charge is 0.496 e. The highest BCUT2D eigenvalue weighted by Crippen LogP contribution is 2.36. The average molecular weight is 421 g/mol. The van der Waals surface area contributed by atoms with E-state index in [4.69, 9.17) is 16.3 Å². The molecule has 0 bridgehead atoms. The van der Waals surface area contributed by atoms with Gasteiger partial charge in [0.25, 0.3) is 0 Å². The number of benzene rings is 1. The number of carbonyl (C=O) groups is 1. The number of halogens is 1. The number of thioether (sulfide) groups is 1. The van der Waals surface area contributed by atoms with Gasteiger partial charge in [0.2, 0.25) is 11.1 Å². The van der Waals surface area contributed by atoms with Crippen LogP contribution in [0.3, 0.4) is 0 Å². The van der Waals surface area contributed by atoms with Gasteiger partial charge in [0.05, 0.1) is 18.4 Å². The fraction of sp³-hybridized carbons (Fsp3) is 0.550. The molecule has 8 heteroatoms. The molecular formula is C20H25ClN4O2S. The second-order valence-electron chi connectivity index (χ2n) is 7.53. The minimum absolute atomic E-state index is 0.181. The molecule has 150 valence electrons. The van der Waals surface area contributed by atoms with Gasteiger partial charge in [-0.2, -0.15) is 0 Å². The first-order valence-electron chi connectivity index (χ1n) is 9.81. The number of methoxy groups -OCH3 is 1. The number of fused-ring (bicyclic) bond motifs is 1. The smallest absolute Gasteiger partial charge is 0.233 e. The highest BCUT2D eigenvalue weighted by atomic mass is 35.5. The van der Waals surface area contributed by atoms with Crippen molar-refractivity contribution in [1.82, 2.24) is 20.1 Å². The van der Waals surface area contributed by atoms with Crippen molar-refractivity contribution < 1.29 is 9.53 Å². The predicted octanol–water partition coefficient (Wildman–Crippen LogP) is 4.26. The average Bonchev–Trinajstić information content (AvgIpc) is 3.20. The highest BCUT2D eigenvalue weighted by molar-refractivity contribution is 7.99. The molecule has 6 nitrogen and oxygen atoms in total. The first kappa shape index (κ1) is 19.6.